The Morgan fingerprint density at radius 1 is 0.850 bits per heavy atom. The first kappa shape index (κ1) is 27.1. The van der Waals surface area contributed by atoms with E-state index >= 15 is 0 Å². The third kappa shape index (κ3) is 6.95. The number of anilines is 1. The molecule has 202 valence electrons. The summed E-state index contributed by atoms with van der Waals surface area (Å²) in [6, 6.07) is 31.4. The van der Waals surface area contributed by atoms with Crippen LogP contribution in [-0.4, -0.2) is 20.8 Å². The molecule has 6 nitrogen and oxygen atoms in total. The standard InChI is InChI=1S/C32H30FN5OS/c1-22-11-17-28(18-12-22)38-30(36-37-32(38)40-21-25-13-15-26(33)16-14-25)29(20-24-8-4-3-5-9-24)35-31(39)34-27-10-6-7-23(2)19-27/h3-19,29H,20-21H2,1-2H3,(H2,34,35,39). The highest BCUT2D eigenvalue weighted by atomic mass is 32.2. The van der Waals surface area contributed by atoms with Gasteiger partial charge in [-0.3, -0.25) is 4.57 Å². The largest absolute Gasteiger partial charge is 0.327 e. The molecule has 0 aliphatic heterocycles. The fourth-order valence-corrected chi connectivity index (χ4v) is 5.29. The molecule has 1 atom stereocenters. The first-order valence-electron chi connectivity index (χ1n) is 13.0. The van der Waals surface area contributed by atoms with Crippen molar-refractivity contribution in [3.05, 3.63) is 137 Å². The molecule has 40 heavy (non-hydrogen) atoms. The number of carbonyl (C=O) groups is 1. The lowest BCUT2D eigenvalue weighted by Crippen LogP contribution is -2.35. The maximum absolute atomic E-state index is 13.4. The first-order valence-corrected chi connectivity index (χ1v) is 14.0. The van der Waals surface area contributed by atoms with Crippen LogP contribution in [0.3, 0.4) is 0 Å². The highest BCUT2D eigenvalue weighted by Gasteiger charge is 2.25. The molecule has 0 aliphatic rings. The van der Waals surface area contributed by atoms with E-state index in [2.05, 4.69) is 20.8 Å². The minimum Gasteiger partial charge on any atom is -0.327 e. The predicted octanol–water partition coefficient (Wildman–Crippen LogP) is 7.42. The van der Waals surface area contributed by atoms with E-state index < -0.39 is 6.04 Å². The van der Waals surface area contributed by atoms with Crippen molar-refractivity contribution in [2.75, 3.05) is 5.32 Å². The Bertz CT molecular complexity index is 1570. The Morgan fingerprint density at radius 2 is 1.60 bits per heavy atom. The lowest BCUT2D eigenvalue weighted by molar-refractivity contribution is 0.247. The number of halogens is 1. The number of aromatic nitrogens is 3. The van der Waals surface area contributed by atoms with Crippen LogP contribution in [0.15, 0.2) is 108 Å². The monoisotopic (exact) mass is 551 g/mol. The summed E-state index contributed by atoms with van der Waals surface area (Å²) in [5.74, 6) is 0.945. The number of benzene rings is 4. The molecule has 0 saturated heterocycles. The van der Waals surface area contributed by atoms with Crippen LogP contribution in [0.1, 0.15) is 34.1 Å². The SMILES string of the molecule is Cc1ccc(-n2c(SCc3ccc(F)cc3)nnc2C(Cc2ccccc2)NC(=O)Nc2cccc(C)c2)cc1. The van der Waals surface area contributed by atoms with E-state index in [0.717, 1.165) is 27.9 Å². The van der Waals surface area contributed by atoms with Gasteiger partial charge >= 0.3 is 6.03 Å². The third-order valence-corrected chi connectivity index (χ3v) is 7.41. The minimum atomic E-state index is -0.471. The van der Waals surface area contributed by atoms with Crippen molar-refractivity contribution >= 4 is 23.5 Å². The Morgan fingerprint density at radius 3 is 2.33 bits per heavy atom. The Balaban J connectivity index is 1.49. The van der Waals surface area contributed by atoms with Crippen LogP contribution in [0.4, 0.5) is 14.9 Å². The van der Waals surface area contributed by atoms with E-state index in [9.17, 15) is 9.18 Å². The third-order valence-electron chi connectivity index (χ3n) is 6.41. The van der Waals surface area contributed by atoms with Crippen molar-refractivity contribution in [3.8, 4) is 5.69 Å². The Kier molecular flexibility index (Phi) is 8.56. The van der Waals surface area contributed by atoms with Crippen molar-refractivity contribution in [1.29, 1.82) is 0 Å². The van der Waals surface area contributed by atoms with Crippen LogP contribution < -0.4 is 10.6 Å². The molecule has 0 aliphatic carbocycles. The summed E-state index contributed by atoms with van der Waals surface area (Å²) in [5, 5.41) is 15.9. The smallest absolute Gasteiger partial charge is 0.319 e. The van der Waals surface area contributed by atoms with Gasteiger partial charge in [-0.25, -0.2) is 9.18 Å². The van der Waals surface area contributed by atoms with Crippen LogP contribution >= 0.6 is 11.8 Å². The van der Waals surface area contributed by atoms with Crippen LogP contribution in [0, 0.1) is 19.7 Å². The van der Waals surface area contributed by atoms with Crippen molar-refractivity contribution in [3.63, 3.8) is 0 Å². The van der Waals surface area contributed by atoms with Crippen molar-refractivity contribution in [1.82, 2.24) is 20.1 Å². The molecule has 2 N–H and O–H groups in total. The van der Waals surface area contributed by atoms with Gasteiger partial charge in [-0.2, -0.15) is 0 Å². The molecule has 0 spiro atoms. The molecule has 5 aromatic rings. The molecular formula is C32H30FN5OS. The van der Waals surface area contributed by atoms with Crippen molar-refractivity contribution in [2.24, 2.45) is 0 Å². The number of hydrogen-bond acceptors (Lipinski definition) is 4. The lowest BCUT2D eigenvalue weighted by atomic mass is 10.1. The molecule has 0 radical (unpaired) electrons. The van der Waals surface area contributed by atoms with Gasteiger partial charge in [0.05, 0.1) is 6.04 Å². The van der Waals surface area contributed by atoms with Crippen LogP contribution in [0.25, 0.3) is 5.69 Å². The zero-order valence-corrected chi connectivity index (χ0v) is 23.2. The molecule has 1 aromatic heterocycles. The van der Waals surface area contributed by atoms with Gasteiger partial charge in [0.1, 0.15) is 5.82 Å². The maximum atomic E-state index is 13.4. The molecule has 0 fully saturated rings. The summed E-state index contributed by atoms with van der Waals surface area (Å²) in [6.45, 7) is 4.02. The second kappa shape index (κ2) is 12.6. The fourth-order valence-electron chi connectivity index (χ4n) is 4.37. The summed E-state index contributed by atoms with van der Waals surface area (Å²) >= 11 is 1.51. The van der Waals surface area contributed by atoms with Gasteiger partial charge in [0, 0.05) is 23.5 Å². The van der Waals surface area contributed by atoms with Gasteiger partial charge in [0.25, 0.3) is 0 Å². The number of rotatable bonds is 9. The number of urea groups is 1. The summed E-state index contributed by atoms with van der Waals surface area (Å²) < 4.78 is 15.4. The van der Waals surface area contributed by atoms with Crippen LogP contribution in [0.5, 0.6) is 0 Å². The quantitative estimate of drug-likeness (QED) is 0.187. The van der Waals surface area contributed by atoms with E-state index in [1.165, 1.54) is 23.9 Å². The molecular weight excluding hydrogens is 521 g/mol. The van der Waals surface area contributed by atoms with Gasteiger partial charge in [0.15, 0.2) is 11.0 Å². The molecule has 2 amide bonds. The molecule has 4 aromatic carbocycles. The average Bonchev–Trinajstić information content (AvgIpc) is 3.37. The maximum Gasteiger partial charge on any atom is 0.319 e. The highest BCUT2D eigenvalue weighted by molar-refractivity contribution is 7.98. The molecule has 1 unspecified atom stereocenters. The number of amides is 2. The topological polar surface area (TPSA) is 71.8 Å². The summed E-state index contributed by atoms with van der Waals surface area (Å²) in [6.07, 6.45) is 0.523. The van der Waals surface area contributed by atoms with Gasteiger partial charge in [0.2, 0.25) is 0 Å². The predicted molar refractivity (Wildman–Crippen MR) is 158 cm³/mol. The lowest BCUT2D eigenvalue weighted by Gasteiger charge is -2.21. The van der Waals surface area contributed by atoms with Crippen molar-refractivity contribution < 1.29 is 9.18 Å². The molecule has 1 heterocycles. The second-order valence-corrected chi connectivity index (χ2v) is 10.6. The minimum absolute atomic E-state index is 0.266. The van der Waals surface area contributed by atoms with Gasteiger partial charge < -0.3 is 10.6 Å². The van der Waals surface area contributed by atoms with E-state index in [-0.39, 0.29) is 11.8 Å². The zero-order chi connectivity index (χ0) is 27.9. The number of nitrogens with zero attached hydrogens (tertiary/aromatic N) is 3. The van der Waals surface area contributed by atoms with Crippen LogP contribution in [-0.2, 0) is 12.2 Å². The van der Waals surface area contributed by atoms with Gasteiger partial charge in [-0.1, -0.05) is 84.1 Å². The zero-order valence-electron chi connectivity index (χ0n) is 22.3. The van der Waals surface area contributed by atoms with Crippen molar-refractivity contribution in [2.45, 2.75) is 37.2 Å². The number of thioether (sulfide) groups is 1. The normalized spacial score (nSPS) is 11.7. The summed E-state index contributed by atoms with van der Waals surface area (Å²) in [4.78, 5) is 13.2. The van der Waals surface area contributed by atoms with E-state index in [1.54, 1.807) is 12.1 Å². The number of aryl methyl sites for hydroxylation is 2. The molecule has 0 bridgehead atoms. The Hall–Kier alpha value is -4.43. The number of nitrogens with one attached hydrogen (secondary N) is 2. The number of carbonyl (C=O) groups excluding carboxylic acids is 1. The second-order valence-electron chi connectivity index (χ2n) is 9.64. The van der Waals surface area contributed by atoms with Crippen LogP contribution in [0.2, 0.25) is 0 Å². The van der Waals surface area contributed by atoms with Gasteiger partial charge in [-0.05, 0) is 66.9 Å². The molecule has 8 heteroatoms. The molecule has 5 rings (SSSR count). The Labute approximate surface area is 237 Å². The first-order chi connectivity index (χ1) is 19.4. The van der Waals surface area contributed by atoms with E-state index in [4.69, 9.17) is 0 Å². The molecule has 0 saturated carbocycles. The van der Waals surface area contributed by atoms with E-state index in [0.29, 0.717) is 28.8 Å². The highest BCUT2D eigenvalue weighted by Crippen LogP contribution is 2.29. The van der Waals surface area contributed by atoms with Gasteiger partial charge in [-0.15, -0.1) is 10.2 Å². The number of hydrogen-bond donors (Lipinski definition) is 2. The van der Waals surface area contributed by atoms with E-state index in [1.807, 2.05) is 97.3 Å². The summed E-state index contributed by atoms with van der Waals surface area (Å²) in [5.41, 5.74) is 5.83. The average molecular weight is 552 g/mol. The fraction of sp³-hybridized carbons (Fsp3) is 0.156. The summed E-state index contributed by atoms with van der Waals surface area (Å²) in [7, 11) is 0.